The molecule has 1 rings (SSSR count). The number of nitrogens with zero attached hydrogens (tertiary/aromatic N) is 1. The van der Waals surface area contributed by atoms with Gasteiger partial charge in [0.25, 0.3) is 0 Å². The molecule has 1 aliphatic rings. The minimum Gasteiger partial charge on any atom is -0.466 e. The monoisotopic (exact) mass is 415 g/mol. The third-order valence-corrected chi connectivity index (χ3v) is 5.92. The van der Waals surface area contributed by atoms with E-state index in [1.54, 1.807) is 4.90 Å². The molecule has 2 atom stereocenters. The van der Waals surface area contributed by atoms with Crippen molar-refractivity contribution in [2.45, 2.75) is 98.6 Å². The summed E-state index contributed by atoms with van der Waals surface area (Å²) >= 11 is 0. The summed E-state index contributed by atoms with van der Waals surface area (Å²) in [6.45, 7) is 19.3. The van der Waals surface area contributed by atoms with Crippen molar-refractivity contribution in [3.8, 4) is 0 Å². The smallest absolute Gasteiger partial charge is 0.412 e. The first-order valence-electron chi connectivity index (χ1n) is 10.5. The van der Waals surface area contributed by atoms with Crippen molar-refractivity contribution in [3.63, 3.8) is 0 Å². The maximum absolute atomic E-state index is 13.1. The Labute approximate surface area is 173 Å². The van der Waals surface area contributed by atoms with Gasteiger partial charge in [0.15, 0.2) is 9.04 Å². The lowest BCUT2D eigenvalue weighted by molar-refractivity contribution is -0.143. The van der Waals surface area contributed by atoms with Gasteiger partial charge in [-0.25, -0.2) is 4.79 Å². The fourth-order valence-electron chi connectivity index (χ4n) is 3.67. The van der Waals surface area contributed by atoms with Crippen molar-refractivity contribution in [1.82, 2.24) is 4.90 Å². The van der Waals surface area contributed by atoms with Crippen LogP contribution in [0.2, 0.25) is 13.1 Å². The van der Waals surface area contributed by atoms with Crippen LogP contribution in [0.1, 0.15) is 74.1 Å². The summed E-state index contributed by atoms with van der Waals surface area (Å²) in [5.74, 6) is 0.101. The molecule has 0 aromatic carbocycles. The molecule has 1 saturated heterocycles. The Balaban J connectivity index is 3.12. The number of likely N-dealkylation sites (tertiary alicyclic amines) is 1. The molecule has 1 amide bonds. The molecule has 164 valence electrons. The molecule has 7 heteroatoms. The van der Waals surface area contributed by atoms with Crippen LogP contribution in [0.5, 0.6) is 0 Å². The zero-order valence-corrected chi connectivity index (χ0v) is 20.5. The number of esters is 1. The third kappa shape index (κ3) is 7.39. The Hall–Kier alpha value is -1.08. The lowest BCUT2D eigenvalue weighted by atomic mass is 9.78. The first kappa shape index (κ1) is 25.0. The molecule has 0 aliphatic carbocycles. The summed E-state index contributed by atoms with van der Waals surface area (Å²) < 4.78 is 17.3. The van der Waals surface area contributed by atoms with Gasteiger partial charge in [-0.3, -0.25) is 9.69 Å². The quantitative estimate of drug-likeness (QED) is 0.445. The van der Waals surface area contributed by atoms with E-state index in [0.29, 0.717) is 38.3 Å². The predicted molar refractivity (Wildman–Crippen MR) is 114 cm³/mol. The molecular formula is C21H41NO5Si. The molecular weight excluding hydrogens is 374 g/mol. The first-order chi connectivity index (χ1) is 12.7. The number of ether oxygens (including phenoxy) is 2. The average Bonchev–Trinajstić information content (AvgIpc) is 2.84. The van der Waals surface area contributed by atoms with Gasteiger partial charge in [0.1, 0.15) is 11.3 Å². The average molecular weight is 416 g/mol. The van der Waals surface area contributed by atoms with Gasteiger partial charge < -0.3 is 13.9 Å². The number of carbonyl (C=O) groups excluding carboxylic acids is 2. The van der Waals surface area contributed by atoms with Crippen LogP contribution in [0.25, 0.3) is 0 Å². The topological polar surface area (TPSA) is 65.1 Å². The lowest BCUT2D eigenvalue weighted by Gasteiger charge is -2.40. The van der Waals surface area contributed by atoms with Crippen LogP contribution in [0.15, 0.2) is 0 Å². The lowest BCUT2D eigenvalue weighted by Crippen LogP contribution is -2.52. The van der Waals surface area contributed by atoms with Crippen LogP contribution in [0.3, 0.4) is 0 Å². The summed E-state index contributed by atoms with van der Waals surface area (Å²) in [5, 5.41) is 0. The summed E-state index contributed by atoms with van der Waals surface area (Å²) in [5.41, 5.74) is -1.22. The minimum atomic E-state index is -1.45. The van der Waals surface area contributed by atoms with Crippen LogP contribution < -0.4 is 0 Å². The van der Waals surface area contributed by atoms with Crippen LogP contribution in [0, 0.1) is 11.3 Å². The van der Waals surface area contributed by atoms with E-state index in [2.05, 4.69) is 33.9 Å². The van der Waals surface area contributed by atoms with Crippen LogP contribution in [-0.2, 0) is 18.7 Å². The molecule has 0 bridgehead atoms. The van der Waals surface area contributed by atoms with Crippen LogP contribution >= 0.6 is 0 Å². The summed E-state index contributed by atoms with van der Waals surface area (Å²) in [4.78, 5) is 26.7. The normalized spacial score (nSPS) is 23.2. The molecule has 0 spiro atoms. The van der Waals surface area contributed by atoms with Gasteiger partial charge in [-0.1, -0.05) is 20.8 Å². The molecule has 0 N–H and O–H groups in total. The van der Waals surface area contributed by atoms with E-state index >= 15 is 0 Å². The van der Waals surface area contributed by atoms with Gasteiger partial charge in [0.2, 0.25) is 0 Å². The van der Waals surface area contributed by atoms with Gasteiger partial charge >= 0.3 is 12.1 Å². The molecule has 1 heterocycles. The van der Waals surface area contributed by atoms with Crippen molar-refractivity contribution in [3.05, 3.63) is 0 Å². The van der Waals surface area contributed by atoms with Crippen molar-refractivity contribution in [2.75, 3.05) is 13.2 Å². The van der Waals surface area contributed by atoms with Crippen molar-refractivity contribution in [1.29, 1.82) is 0 Å². The highest BCUT2D eigenvalue weighted by atomic mass is 28.3. The molecule has 1 aliphatic heterocycles. The zero-order chi connectivity index (χ0) is 21.8. The number of rotatable bonds is 7. The zero-order valence-electron chi connectivity index (χ0n) is 19.4. The number of carbonyl (C=O) groups is 2. The Morgan fingerprint density at radius 1 is 1.14 bits per heavy atom. The summed E-state index contributed by atoms with van der Waals surface area (Å²) in [6.07, 6.45) is 2.01. The van der Waals surface area contributed by atoms with Gasteiger partial charge in [0, 0.05) is 13.0 Å². The van der Waals surface area contributed by atoms with Crippen molar-refractivity contribution >= 4 is 21.1 Å². The molecule has 28 heavy (non-hydrogen) atoms. The SMILES string of the molecule is CCOC(=O)CCC[C@@]1(O[SiH](C)C)C[C@H](C(C)(C)C)CN1C(=O)OC(C)(C)C. The molecule has 0 aromatic rings. The molecule has 0 aromatic heterocycles. The standard InChI is InChI=1S/C21H41NO5Si/c1-10-25-17(23)12-11-13-21(27-28(8)9)14-16(19(2,3)4)15-22(21)18(24)26-20(5,6)7/h16,28H,10-15H2,1-9H3/t16-,21+/m0/s1. The van der Waals surface area contributed by atoms with Gasteiger partial charge in [-0.2, -0.15) is 0 Å². The van der Waals surface area contributed by atoms with E-state index in [4.69, 9.17) is 13.9 Å². The van der Waals surface area contributed by atoms with Gasteiger partial charge in [-0.15, -0.1) is 0 Å². The third-order valence-electron chi connectivity index (χ3n) is 5.01. The maximum Gasteiger partial charge on any atom is 0.412 e. The van der Waals surface area contributed by atoms with E-state index in [1.165, 1.54) is 0 Å². The summed E-state index contributed by atoms with van der Waals surface area (Å²) in [6, 6.07) is 0. The Kier molecular flexibility index (Phi) is 8.57. The minimum absolute atomic E-state index is 0.0467. The number of amides is 1. The highest BCUT2D eigenvalue weighted by Crippen LogP contribution is 2.46. The van der Waals surface area contributed by atoms with Crippen molar-refractivity contribution < 1.29 is 23.5 Å². The van der Waals surface area contributed by atoms with E-state index in [1.807, 2.05) is 27.7 Å². The second-order valence-electron chi connectivity index (χ2n) is 10.1. The second kappa shape index (κ2) is 9.61. The highest BCUT2D eigenvalue weighted by molar-refractivity contribution is 6.48. The molecule has 1 fully saturated rings. The molecule has 0 saturated carbocycles. The second-order valence-corrected chi connectivity index (χ2v) is 12.5. The first-order valence-corrected chi connectivity index (χ1v) is 13.3. The maximum atomic E-state index is 13.1. The Morgan fingerprint density at radius 2 is 1.75 bits per heavy atom. The fraction of sp³-hybridized carbons (Fsp3) is 0.905. The molecule has 6 nitrogen and oxygen atoms in total. The van der Waals surface area contributed by atoms with E-state index in [9.17, 15) is 9.59 Å². The van der Waals surface area contributed by atoms with Gasteiger partial charge in [0.05, 0.1) is 6.61 Å². The van der Waals surface area contributed by atoms with Gasteiger partial charge in [-0.05, 0) is 71.4 Å². The fourth-order valence-corrected chi connectivity index (χ4v) is 4.89. The summed E-state index contributed by atoms with van der Waals surface area (Å²) in [7, 11) is -1.45. The Bertz CT molecular complexity index is 538. The van der Waals surface area contributed by atoms with Crippen molar-refractivity contribution in [2.24, 2.45) is 11.3 Å². The van der Waals surface area contributed by atoms with E-state index < -0.39 is 20.4 Å². The molecule has 0 radical (unpaired) electrons. The van der Waals surface area contributed by atoms with Crippen LogP contribution in [0.4, 0.5) is 4.79 Å². The van der Waals surface area contributed by atoms with E-state index in [-0.39, 0.29) is 17.5 Å². The predicted octanol–water partition coefficient (Wildman–Crippen LogP) is 4.72. The van der Waals surface area contributed by atoms with Crippen LogP contribution in [-0.4, -0.2) is 50.5 Å². The highest BCUT2D eigenvalue weighted by Gasteiger charge is 2.52. The number of hydrogen-bond acceptors (Lipinski definition) is 5. The Morgan fingerprint density at radius 3 is 2.21 bits per heavy atom. The van der Waals surface area contributed by atoms with E-state index in [0.717, 1.165) is 6.42 Å². The number of hydrogen-bond donors (Lipinski definition) is 0. The molecule has 0 unspecified atom stereocenters. The largest absolute Gasteiger partial charge is 0.466 e.